The van der Waals surface area contributed by atoms with Crippen LogP contribution in [0.3, 0.4) is 0 Å². The zero-order valence-electron chi connectivity index (χ0n) is 12.7. The number of aliphatic imine (C=N–C) groups is 1. The van der Waals surface area contributed by atoms with Crippen LogP contribution in [0, 0.1) is 0 Å². The summed E-state index contributed by atoms with van der Waals surface area (Å²) in [5.41, 5.74) is 0. The molecule has 0 amide bonds. The number of halogens is 1. The standard InChI is InChI=1S/C11H26N4O2S2.HI/c1-5-15(19(4,16)17)9-6-7-13-11(12-2)14-8-10-18-3;/h5-10H2,1-4H3,(H2,12,13,14);1H. The second-order valence-electron chi connectivity index (χ2n) is 4.03. The largest absolute Gasteiger partial charge is 0.356 e. The number of nitrogens with zero attached hydrogens (tertiary/aromatic N) is 2. The maximum atomic E-state index is 11.4. The molecule has 0 spiro atoms. The Balaban J connectivity index is 0. The highest BCUT2D eigenvalue weighted by Gasteiger charge is 2.13. The van der Waals surface area contributed by atoms with Gasteiger partial charge in [-0.15, -0.1) is 24.0 Å². The van der Waals surface area contributed by atoms with Gasteiger partial charge in [-0.05, 0) is 12.7 Å². The van der Waals surface area contributed by atoms with Gasteiger partial charge in [0, 0.05) is 39.0 Å². The number of thioether (sulfide) groups is 1. The number of rotatable bonds is 9. The molecule has 0 rings (SSSR count). The molecule has 20 heavy (non-hydrogen) atoms. The number of nitrogens with one attached hydrogen (secondary N) is 2. The maximum Gasteiger partial charge on any atom is 0.211 e. The molecule has 0 atom stereocenters. The molecule has 122 valence electrons. The quantitative estimate of drug-likeness (QED) is 0.241. The summed E-state index contributed by atoms with van der Waals surface area (Å²) in [5.74, 6) is 1.79. The van der Waals surface area contributed by atoms with Crippen molar-refractivity contribution in [1.82, 2.24) is 14.9 Å². The predicted molar refractivity (Wildman–Crippen MR) is 99.9 cm³/mol. The van der Waals surface area contributed by atoms with Crippen LogP contribution in [-0.4, -0.2) is 70.2 Å². The fraction of sp³-hybridized carbons (Fsp3) is 0.909. The molecule has 0 unspecified atom stereocenters. The number of hydrogen-bond acceptors (Lipinski definition) is 4. The van der Waals surface area contributed by atoms with Crippen LogP contribution < -0.4 is 10.6 Å². The third-order valence-electron chi connectivity index (χ3n) is 2.52. The first kappa shape index (κ1) is 22.5. The van der Waals surface area contributed by atoms with E-state index in [1.165, 1.54) is 10.6 Å². The van der Waals surface area contributed by atoms with Gasteiger partial charge in [0.25, 0.3) is 0 Å². The van der Waals surface area contributed by atoms with E-state index in [4.69, 9.17) is 0 Å². The Labute approximate surface area is 144 Å². The fourth-order valence-corrected chi connectivity index (χ4v) is 2.75. The van der Waals surface area contributed by atoms with Gasteiger partial charge in [0.15, 0.2) is 5.96 Å². The Morgan fingerprint density at radius 2 is 1.90 bits per heavy atom. The molecule has 0 aromatic carbocycles. The van der Waals surface area contributed by atoms with Crippen LogP contribution in [0.5, 0.6) is 0 Å². The lowest BCUT2D eigenvalue weighted by Gasteiger charge is -2.18. The Hall–Kier alpha value is 0.260. The van der Waals surface area contributed by atoms with E-state index in [9.17, 15) is 8.42 Å². The van der Waals surface area contributed by atoms with E-state index in [0.717, 1.165) is 24.7 Å². The second kappa shape index (κ2) is 13.0. The smallest absolute Gasteiger partial charge is 0.211 e. The third kappa shape index (κ3) is 11.0. The maximum absolute atomic E-state index is 11.4. The topological polar surface area (TPSA) is 73.8 Å². The minimum atomic E-state index is -3.08. The lowest BCUT2D eigenvalue weighted by Crippen LogP contribution is -2.40. The first-order valence-corrected chi connectivity index (χ1v) is 9.58. The molecule has 0 heterocycles. The minimum absolute atomic E-state index is 0. The van der Waals surface area contributed by atoms with E-state index in [-0.39, 0.29) is 24.0 Å². The van der Waals surface area contributed by atoms with Crippen molar-refractivity contribution in [3.8, 4) is 0 Å². The van der Waals surface area contributed by atoms with Gasteiger partial charge < -0.3 is 10.6 Å². The van der Waals surface area contributed by atoms with Gasteiger partial charge in [0.1, 0.15) is 0 Å². The molecule has 0 saturated carbocycles. The van der Waals surface area contributed by atoms with Crippen LogP contribution in [0.2, 0.25) is 0 Å². The molecule has 0 bridgehead atoms. The number of sulfonamides is 1. The third-order valence-corrected chi connectivity index (χ3v) is 4.51. The van der Waals surface area contributed by atoms with Gasteiger partial charge in [-0.2, -0.15) is 11.8 Å². The van der Waals surface area contributed by atoms with Gasteiger partial charge in [0.2, 0.25) is 10.0 Å². The first-order chi connectivity index (χ1) is 8.95. The fourth-order valence-electron chi connectivity index (χ4n) is 1.51. The number of guanidine groups is 1. The highest BCUT2D eigenvalue weighted by Crippen LogP contribution is 1.98. The van der Waals surface area contributed by atoms with Crippen LogP contribution in [0.25, 0.3) is 0 Å². The van der Waals surface area contributed by atoms with Gasteiger partial charge in [-0.25, -0.2) is 12.7 Å². The van der Waals surface area contributed by atoms with Crippen LogP contribution in [0.4, 0.5) is 0 Å². The average molecular weight is 438 g/mol. The summed E-state index contributed by atoms with van der Waals surface area (Å²) in [6.45, 7) is 4.46. The van der Waals surface area contributed by atoms with E-state index in [1.807, 2.05) is 6.92 Å². The Bertz CT molecular complexity index is 363. The summed E-state index contributed by atoms with van der Waals surface area (Å²) in [4.78, 5) is 4.10. The molecule has 0 aromatic rings. The molecule has 0 aliphatic carbocycles. The average Bonchev–Trinajstić information content (AvgIpc) is 2.35. The van der Waals surface area contributed by atoms with Crippen molar-refractivity contribution in [2.45, 2.75) is 13.3 Å². The minimum Gasteiger partial charge on any atom is -0.356 e. The molecule has 0 aliphatic rings. The van der Waals surface area contributed by atoms with Crippen LogP contribution in [-0.2, 0) is 10.0 Å². The van der Waals surface area contributed by atoms with Crippen LogP contribution >= 0.6 is 35.7 Å². The van der Waals surface area contributed by atoms with Crippen molar-refractivity contribution < 1.29 is 8.42 Å². The molecular formula is C11H27IN4O2S2. The zero-order valence-corrected chi connectivity index (χ0v) is 16.6. The molecular weight excluding hydrogens is 411 g/mol. The van der Waals surface area contributed by atoms with Crippen molar-refractivity contribution in [1.29, 1.82) is 0 Å². The number of hydrogen-bond donors (Lipinski definition) is 2. The van der Waals surface area contributed by atoms with Gasteiger partial charge in [-0.3, -0.25) is 4.99 Å². The molecule has 6 nitrogen and oxygen atoms in total. The molecule has 0 radical (unpaired) electrons. The van der Waals surface area contributed by atoms with E-state index >= 15 is 0 Å². The van der Waals surface area contributed by atoms with Gasteiger partial charge >= 0.3 is 0 Å². The van der Waals surface area contributed by atoms with E-state index in [2.05, 4.69) is 21.9 Å². The molecule has 2 N–H and O–H groups in total. The van der Waals surface area contributed by atoms with E-state index in [1.54, 1.807) is 18.8 Å². The Kier molecular flexibility index (Phi) is 14.6. The summed E-state index contributed by atoms with van der Waals surface area (Å²) in [7, 11) is -1.36. The summed E-state index contributed by atoms with van der Waals surface area (Å²) in [6.07, 6.45) is 4.05. The van der Waals surface area contributed by atoms with Crippen molar-refractivity contribution in [3.63, 3.8) is 0 Å². The van der Waals surface area contributed by atoms with Crippen molar-refractivity contribution in [2.75, 3.05) is 51.5 Å². The molecule has 0 saturated heterocycles. The zero-order chi connectivity index (χ0) is 14.7. The van der Waals surface area contributed by atoms with Crippen molar-refractivity contribution in [3.05, 3.63) is 0 Å². The Morgan fingerprint density at radius 1 is 1.30 bits per heavy atom. The predicted octanol–water partition coefficient (Wildman–Crippen LogP) is 0.804. The molecule has 0 aliphatic heterocycles. The van der Waals surface area contributed by atoms with Crippen LogP contribution in [0.15, 0.2) is 4.99 Å². The van der Waals surface area contributed by atoms with Gasteiger partial charge in [-0.1, -0.05) is 6.92 Å². The van der Waals surface area contributed by atoms with Crippen molar-refractivity contribution in [2.24, 2.45) is 4.99 Å². The normalized spacial score (nSPS) is 12.2. The summed E-state index contributed by atoms with van der Waals surface area (Å²) in [6, 6.07) is 0. The SMILES string of the molecule is CCN(CCCNC(=NC)NCCSC)S(C)(=O)=O.I. The second-order valence-corrected chi connectivity index (χ2v) is 6.99. The lowest BCUT2D eigenvalue weighted by molar-refractivity contribution is 0.424. The van der Waals surface area contributed by atoms with E-state index in [0.29, 0.717) is 19.6 Å². The van der Waals surface area contributed by atoms with Gasteiger partial charge in [0.05, 0.1) is 6.26 Å². The molecule has 0 fully saturated rings. The van der Waals surface area contributed by atoms with Crippen molar-refractivity contribution >= 4 is 51.7 Å². The monoisotopic (exact) mass is 438 g/mol. The summed E-state index contributed by atoms with van der Waals surface area (Å²) in [5, 5.41) is 6.36. The van der Waals surface area contributed by atoms with Crippen LogP contribution in [0.1, 0.15) is 13.3 Å². The molecule has 9 heteroatoms. The first-order valence-electron chi connectivity index (χ1n) is 6.34. The van der Waals surface area contributed by atoms with E-state index < -0.39 is 10.0 Å². The Morgan fingerprint density at radius 3 is 2.35 bits per heavy atom. The molecule has 0 aromatic heterocycles. The summed E-state index contributed by atoms with van der Waals surface area (Å²) >= 11 is 1.77. The highest BCUT2D eigenvalue weighted by molar-refractivity contribution is 14.0. The highest BCUT2D eigenvalue weighted by atomic mass is 127. The lowest BCUT2D eigenvalue weighted by atomic mass is 10.4. The summed E-state index contributed by atoms with van der Waals surface area (Å²) < 4.78 is 24.2.